The number of carbonyl (C=O) groups excluding carboxylic acids is 1. The Morgan fingerprint density at radius 2 is 1.91 bits per heavy atom. The molecule has 0 aromatic rings. The van der Waals surface area contributed by atoms with Gasteiger partial charge in [0.05, 0.1) is 0 Å². The number of rotatable bonds is 5. The van der Waals surface area contributed by atoms with E-state index >= 15 is 0 Å². The highest BCUT2D eigenvalue weighted by Gasteiger charge is 2.09. The van der Waals surface area contributed by atoms with Crippen LogP contribution in [0.3, 0.4) is 0 Å². The Bertz CT molecular complexity index is 216. The van der Waals surface area contributed by atoms with E-state index in [2.05, 4.69) is 0 Å². The van der Waals surface area contributed by atoms with Gasteiger partial charge in [-0.05, 0) is 6.42 Å². The van der Waals surface area contributed by atoms with Crippen molar-refractivity contribution in [3.8, 4) is 0 Å². The molecule has 0 aromatic carbocycles. The highest BCUT2D eigenvalue weighted by molar-refractivity contribution is 7.91. The number of ketones is 1. The molecule has 0 fully saturated rings. The molecule has 0 saturated carbocycles. The summed E-state index contributed by atoms with van der Waals surface area (Å²) in [5, 5.41) is 0. The standard InChI is InChI=1S/C7H14O3S/c1-3-4-5-7(8)6-11(2,9)10/h3-6H2,1-2H3. The average molecular weight is 178 g/mol. The Kier molecular flexibility index (Phi) is 4.33. The summed E-state index contributed by atoms with van der Waals surface area (Å²) in [6.45, 7) is 1.97. The Labute approximate surface area is 67.7 Å². The SMILES string of the molecule is CCCCC(=O)CS(C)(=O)=O. The van der Waals surface area contributed by atoms with E-state index in [9.17, 15) is 13.2 Å². The van der Waals surface area contributed by atoms with Crippen LogP contribution in [0.4, 0.5) is 0 Å². The first-order chi connectivity index (χ1) is 4.95. The molecule has 4 heteroatoms. The number of hydrogen-bond donors (Lipinski definition) is 0. The van der Waals surface area contributed by atoms with E-state index in [1.165, 1.54) is 0 Å². The van der Waals surface area contributed by atoms with Gasteiger partial charge in [-0.3, -0.25) is 4.79 Å². The van der Waals surface area contributed by atoms with Gasteiger partial charge in [0.1, 0.15) is 11.5 Å². The fourth-order valence-electron chi connectivity index (χ4n) is 0.739. The molecule has 0 atom stereocenters. The summed E-state index contributed by atoms with van der Waals surface area (Å²) in [5.74, 6) is -0.471. The molecule has 0 aliphatic heterocycles. The van der Waals surface area contributed by atoms with Crippen LogP contribution >= 0.6 is 0 Å². The predicted molar refractivity (Wildman–Crippen MR) is 44.2 cm³/mol. The summed E-state index contributed by atoms with van der Waals surface area (Å²) in [7, 11) is -3.10. The number of carbonyl (C=O) groups is 1. The van der Waals surface area contributed by atoms with Crippen molar-refractivity contribution < 1.29 is 13.2 Å². The van der Waals surface area contributed by atoms with Crippen LogP contribution in [0.5, 0.6) is 0 Å². The second-order valence-electron chi connectivity index (χ2n) is 2.71. The van der Waals surface area contributed by atoms with Crippen LogP contribution in [0, 0.1) is 0 Å². The molecule has 0 heterocycles. The monoisotopic (exact) mass is 178 g/mol. The van der Waals surface area contributed by atoms with E-state index in [4.69, 9.17) is 0 Å². The van der Waals surface area contributed by atoms with Gasteiger partial charge < -0.3 is 0 Å². The van der Waals surface area contributed by atoms with E-state index in [-0.39, 0.29) is 11.5 Å². The predicted octanol–water partition coefficient (Wildman–Crippen LogP) is 0.790. The van der Waals surface area contributed by atoms with E-state index in [1.54, 1.807) is 0 Å². The maximum Gasteiger partial charge on any atom is 0.154 e. The van der Waals surface area contributed by atoms with Crippen molar-refractivity contribution in [1.82, 2.24) is 0 Å². The molecular formula is C7H14O3S. The van der Waals surface area contributed by atoms with Crippen molar-refractivity contribution in [2.45, 2.75) is 26.2 Å². The Balaban J connectivity index is 3.71. The van der Waals surface area contributed by atoms with Gasteiger partial charge in [-0.2, -0.15) is 0 Å². The molecule has 0 aliphatic carbocycles. The van der Waals surface area contributed by atoms with Crippen LogP contribution in [-0.2, 0) is 14.6 Å². The number of sulfone groups is 1. The minimum atomic E-state index is -3.10. The Hall–Kier alpha value is -0.380. The van der Waals surface area contributed by atoms with Gasteiger partial charge in [-0.25, -0.2) is 8.42 Å². The fourth-order valence-corrected chi connectivity index (χ4v) is 1.47. The molecule has 0 unspecified atom stereocenters. The van der Waals surface area contributed by atoms with Crippen molar-refractivity contribution in [2.24, 2.45) is 0 Å². The highest BCUT2D eigenvalue weighted by atomic mass is 32.2. The molecular weight excluding hydrogens is 164 g/mol. The lowest BCUT2D eigenvalue weighted by atomic mass is 10.2. The zero-order chi connectivity index (χ0) is 8.91. The molecule has 0 aromatic heterocycles. The van der Waals surface area contributed by atoms with Crippen LogP contribution in [0.2, 0.25) is 0 Å². The smallest absolute Gasteiger partial charge is 0.154 e. The zero-order valence-electron chi connectivity index (χ0n) is 6.96. The summed E-state index contributed by atoms with van der Waals surface area (Å²) in [6, 6.07) is 0. The van der Waals surface area contributed by atoms with Gasteiger partial charge in [0.2, 0.25) is 0 Å². The quantitative estimate of drug-likeness (QED) is 0.625. The van der Waals surface area contributed by atoms with Crippen molar-refractivity contribution in [3.63, 3.8) is 0 Å². The third-order valence-electron chi connectivity index (χ3n) is 1.23. The molecule has 0 aliphatic rings. The molecule has 0 bridgehead atoms. The van der Waals surface area contributed by atoms with Crippen molar-refractivity contribution in [3.05, 3.63) is 0 Å². The lowest BCUT2D eigenvalue weighted by Gasteiger charge is -1.96. The molecule has 0 N–H and O–H groups in total. The molecule has 0 rings (SSSR count). The normalized spacial score (nSPS) is 11.5. The van der Waals surface area contributed by atoms with Gasteiger partial charge in [0.15, 0.2) is 9.84 Å². The van der Waals surface area contributed by atoms with Gasteiger partial charge in [-0.1, -0.05) is 13.3 Å². The third kappa shape index (κ3) is 7.52. The Morgan fingerprint density at radius 1 is 1.36 bits per heavy atom. The second kappa shape index (κ2) is 4.49. The van der Waals surface area contributed by atoms with E-state index in [0.717, 1.165) is 19.1 Å². The number of unbranched alkanes of at least 4 members (excludes halogenated alkanes) is 1. The molecule has 0 saturated heterocycles. The first-order valence-electron chi connectivity index (χ1n) is 3.65. The molecule has 0 amide bonds. The van der Waals surface area contributed by atoms with Gasteiger partial charge in [-0.15, -0.1) is 0 Å². The summed E-state index contributed by atoms with van der Waals surface area (Å²) >= 11 is 0. The van der Waals surface area contributed by atoms with Gasteiger partial charge >= 0.3 is 0 Å². The maximum atomic E-state index is 10.8. The first kappa shape index (κ1) is 10.6. The van der Waals surface area contributed by atoms with Gasteiger partial charge in [0.25, 0.3) is 0 Å². The highest BCUT2D eigenvalue weighted by Crippen LogP contribution is 1.97. The summed E-state index contributed by atoms with van der Waals surface area (Å²) in [5.41, 5.74) is 0. The van der Waals surface area contributed by atoms with Crippen LogP contribution in [0.15, 0.2) is 0 Å². The van der Waals surface area contributed by atoms with Crippen molar-refractivity contribution in [2.75, 3.05) is 12.0 Å². The lowest BCUT2D eigenvalue weighted by Crippen LogP contribution is -2.13. The minimum Gasteiger partial charge on any atom is -0.299 e. The number of hydrogen-bond acceptors (Lipinski definition) is 3. The van der Waals surface area contributed by atoms with Gasteiger partial charge in [0, 0.05) is 12.7 Å². The van der Waals surface area contributed by atoms with Crippen LogP contribution in [0.1, 0.15) is 26.2 Å². The lowest BCUT2D eigenvalue weighted by molar-refractivity contribution is -0.116. The minimum absolute atomic E-state index is 0.172. The first-order valence-corrected chi connectivity index (χ1v) is 5.71. The van der Waals surface area contributed by atoms with Crippen LogP contribution < -0.4 is 0 Å². The summed E-state index contributed by atoms with van der Waals surface area (Å²) in [4.78, 5) is 10.8. The molecule has 0 spiro atoms. The van der Waals surface area contributed by atoms with E-state index < -0.39 is 9.84 Å². The Morgan fingerprint density at radius 3 is 2.27 bits per heavy atom. The maximum absolute atomic E-state index is 10.8. The summed E-state index contributed by atoms with van der Waals surface area (Å²) < 4.78 is 21.2. The second-order valence-corrected chi connectivity index (χ2v) is 4.85. The van der Waals surface area contributed by atoms with Crippen LogP contribution in [0.25, 0.3) is 0 Å². The zero-order valence-corrected chi connectivity index (χ0v) is 7.78. The molecule has 11 heavy (non-hydrogen) atoms. The van der Waals surface area contributed by atoms with Crippen LogP contribution in [-0.4, -0.2) is 26.2 Å². The third-order valence-corrected chi connectivity index (χ3v) is 2.08. The van der Waals surface area contributed by atoms with Crippen molar-refractivity contribution >= 4 is 15.6 Å². The molecule has 66 valence electrons. The van der Waals surface area contributed by atoms with E-state index in [1.807, 2.05) is 6.92 Å². The topological polar surface area (TPSA) is 51.2 Å². The summed E-state index contributed by atoms with van der Waals surface area (Å²) in [6.07, 6.45) is 3.18. The number of Topliss-reactive ketones (excluding diaryl/α,β-unsaturated/α-hetero) is 1. The largest absolute Gasteiger partial charge is 0.299 e. The molecule has 0 radical (unpaired) electrons. The average Bonchev–Trinajstić information content (AvgIpc) is 1.79. The van der Waals surface area contributed by atoms with E-state index in [0.29, 0.717) is 6.42 Å². The van der Waals surface area contributed by atoms with Crippen molar-refractivity contribution in [1.29, 1.82) is 0 Å². The molecule has 3 nitrogen and oxygen atoms in total. The fraction of sp³-hybridized carbons (Fsp3) is 0.857.